The fourth-order valence-corrected chi connectivity index (χ4v) is 2.14. The Balaban J connectivity index is 0.00000312. The first-order valence-corrected chi connectivity index (χ1v) is 8.12. The molecular formula is C19H26IN5. The van der Waals surface area contributed by atoms with Gasteiger partial charge in [-0.25, -0.2) is 0 Å². The minimum atomic E-state index is 0. The Labute approximate surface area is 167 Å². The van der Waals surface area contributed by atoms with Gasteiger partial charge in [0, 0.05) is 18.5 Å². The maximum Gasteiger partial charge on any atom is 0.125 e. The van der Waals surface area contributed by atoms with Crippen molar-refractivity contribution in [3.05, 3.63) is 60.2 Å². The van der Waals surface area contributed by atoms with Crippen LogP contribution >= 0.6 is 0 Å². The van der Waals surface area contributed by atoms with Gasteiger partial charge in [-0.2, -0.15) is 10.2 Å². The van der Waals surface area contributed by atoms with Crippen molar-refractivity contribution in [1.29, 1.82) is 0 Å². The van der Waals surface area contributed by atoms with Gasteiger partial charge in [0.15, 0.2) is 0 Å². The lowest BCUT2D eigenvalue weighted by molar-refractivity contribution is -0.870. The zero-order chi connectivity index (χ0) is 17.4. The number of nitrogens with two attached hydrogens (primary N) is 1. The van der Waals surface area contributed by atoms with E-state index >= 15 is 0 Å². The standard InChI is InChI=1S/C19H26N5.HI/c1-24(2,3)15-7-14-21-19(20)16-10-12-18(13-11-16)23-22-17-8-5-4-6-9-17;/h4-6,8-13H,7,14-15H2,1-3H3,(H2,20,21);1H/q+1;/p-1. The van der Waals surface area contributed by atoms with E-state index in [1.807, 2.05) is 54.6 Å². The van der Waals surface area contributed by atoms with Crippen molar-refractivity contribution in [3.8, 4) is 0 Å². The second-order valence-electron chi connectivity index (χ2n) is 6.72. The van der Waals surface area contributed by atoms with E-state index in [1.165, 1.54) is 0 Å². The third-order valence-electron chi connectivity index (χ3n) is 3.47. The summed E-state index contributed by atoms with van der Waals surface area (Å²) in [6, 6.07) is 17.3. The van der Waals surface area contributed by atoms with Crippen LogP contribution in [0.15, 0.2) is 69.8 Å². The molecule has 0 bridgehead atoms. The molecule has 0 aliphatic rings. The van der Waals surface area contributed by atoms with Gasteiger partial charge in [-0.1, -0.05) is 18.2 Å². The summed E-state index contributed by atoms with van der Waals surface area (Å²) in [5.41, 5.74) is 8.59. The van der Waals surface area contributed by atoms with Crippen molar-refractivity contribution >= 4 is 17.2 Å². The fourth-order valence-electron chi connectivity index (χ4n) is 2.14. The second-order valence-corrected chi connectivity index (χ2v) is 6.72. The van der Waals surface area contributed by atoms with Crippen LogP contribution in [0.3, 0.4) is 0 Å². The molecule has 0 saturated heterocycles. The maximum atomic E-state index is 6.05. The normalized spacial score (nSPS) is 12.2. The lowest BCUT2D eigenvalue weighted by Crippen LogP contribution is -3.00. The number of amidine groups is 1. The summed E-state index contributed by atoms with van der Waals surface area (Å²) in [7, 11) is 6.53. The Kier molecular flexibility index (Phi) is 8.71. The van der Waals surface area contributed by atoms with Crippen LogP contribution in [0.1, 0.15) is 12.0 Å². The molecule has 0 spiro atoms. The van der Waals surface area contributed by atoms with Gasteiger partial charge >= 0.3 is 0 Å². The number of benzene rings is 2. The number of nitrogens with zero attached hydrogens (tertiary/aromatic N) is 4. The molecule has 0 atom stereocenters. The number of quaternary nitrogens is 1. The molecule has 2 aromatic carbocycles. The number of azo groups is 1. The van der Waals surface area contributed by atoms with Crippen LogP contribution in [0.25, 0.3) is 0 Å². The summed E-state index contributed by atoms with van der Waals surface area (Å²) < 4.78 is 0.941. The summed E-state index contributed by atoms with van der Waals surface area (Å²) in [6.07, 6.45) is 1.02. The SMILES string of the molecule is C[N+](C)(C)CCCN=C(N)c1ccc(N=Nc2ccccc2)cc1.[I-]. The monoisotopic (exact) mass is 451 g/mol. The summed E-state index contributed by atoms with van der Waals surface area (Å²) >= 11 is 0. The quantitative estimate of drug-likeness (QED) is 0.167. The molecule has 0 fully saturated rings. The van der Waals surface area contributed by atoms with E-state index in [0.717, 1.165) is 40.9 Å². The van der Waals surface area contributed by atoms with Crippen LogP contribution in [-0.2, 0) is 0 Å². The summed E-state index contributed by atoms with van der Waals surface area (Å²) in [4.78, 5) is 4.45. The average Bonchev–Trinajstić information content (AvgIpc) is 2.57. The summed E-state index contributed by atoms with van der Waals surface area (Å²) in [5, 5.41) is 8.42. The van der Waals surface area contributed by atoms with Crippen molar-refractivity contribution in [2.24, 2.45) is 21.0 Å². The Morgan fingerprint density at radius 1 is 0.880 bits per heavy atom. The molecule has 0 aliphatic carbocycles. The smallest absolute Gasteiger partial charge is 0.125 e. The highest BCUT2D eigenvalue weighted by Crippen LogP contribution is 2.18. The van der Waals surface area contributed by atoms with Crippen LogP contribution in [0, 0.1) is 0 Å². The van der Waals surface area contributed by atoms with Crippen LogP contribution in [0.4, 0.5) is 11.4 Å². The highest BCUT2D eigenvalue weighted by molar-refractivity contribution is 5.97. The van der Waals surface area contributed by atoms with Gasteiger partial charge in [0.25, 0.3) is 0 Å². The zero-order valence-corrected chi connectivity index (χ0v) is 17.2. The molecule has 0 aliphatic heterocycles. The molecule has 25 heavy (non-hydrogen) atoms. The molecule has 0 saturated carbocycles. The van der Waals surface area contributed by atoms with Gasteiger partial charge in [-0.05, 0) is 36.4 Å². The number of halogens is 1. The molecule has 134 valence electrons. The predicted octanol–water partition coefficient (Wildman–Crippen LogP) is 0.908. The number of rotatable bonds is 7. The average molecular weight is 451 g/mol. The van der Waals surface area contributed by atoms with E-state index in [1.54, 1.807) is 0 Å². The van der Waals surface area contributed by atoms with Crippen molar-refractivity contribution in [3.63, 3.8) is 0 Å². The van der Waals surface area contributed by atoms with Gasteiger partial charge in [0.05, 0.1) is 39.1 Å². The molecule has 6 heteroatoms. The predicted molar refractivity (Wildman–Crippen MR) is 100 cm³/mol. The molecule has 0 heterocycles. The molecule has 0 radical (unpaired) electrons. The van der Waals surface area contributed by atoms with Gasteiger partial charge in [0.1, 0.15) is 5.84 Å². The van der Waals surface area contributed by atoms with Crippen LogP contribution in [-0.4, -0.2) is 44.6 Å². The van der Waals surface area contributed by atoms with Crippen molar-refractivity contribution in [1.82, 2.24) is 0 Å². The molecular weight excluding hydrogens is 425 g/mol. The largest absolute Gasteiger partial charge is 1.00 e. The van der Waals surface area contributed by atoms with Crippen LogP contribution in [0.2, 0.25) is 0 Å². The van der Waals surface area contributed by atoms with Gasteiger partial charge < -0.3 is 34.2 Å². The maximum absolute atomic E-state index is 6.05. The first kappa shape index (κ1) is 21.2. The minimum absolute atomic E-state index is 0. The molecule has 0 aromatic heterocycles. The topological polar surface area (TPSA) is 63.1 Å². The van der Waals surface area contributed by atoms with Crippen molar-refractivity contribution in [2.45, 2.75) is 6.42 Å². The van der Waals surface area contributed by atoms with E-state index < -0.39 is 0 Å². The minimum Gasteiger partial charge on any atom is -1.00 e. The molecule has 2 N–H and O–H groups in total. The molecule has 5 nitrogen and oxygen atoms in total. The highest BCUT2D eigenvalue weighted by Gasteiger charge is 2.05. The van der Waals surface area contributed by atoms with Gasteiger partial charge in [0.2, 0.25) is 0 Å². The Hall–Kier alpha value is -1.80. The van der Waals surface area contributed by atoms with E-state index in [2.05, 4.69) is 36.4 Å². The first-order chi connectivity index (χ1) is 11.4. The summed E-state index contributed by atoms with van der Waals surface area (Å²) in [6.45, 7) is 1.83. The van der Waals surface area contributed by atoms with Crippen molar-refractivity contribution in [2.75, 3.05) is 34.2 Å². The van der Waals surface area contributed by atoms with Gasteiger partial charge in [-0.15, -0.1) is 0 Å². The third-order valence-corrected chi connectivity index (χ3v) is 3.47. The molecule has 2 aromatic rings. The second kappa shape index (κ2) is 10.2. The van der Waals surface area contributed by atoms with E-state index in [0.29, 0.717) is 5.84 Å². The zero-order valence-electron chi connectivity index (χ0n) is 15.1. The lowest BCUT2D eigenvalue weighted by Gasteiger charge is -2.23. The molecule has 0 amide bonds. The van der Waals surface area contributed by atoms with E-state index in [9.17, 15) is 0 Å². The highest BCUT2D eigenvalue weighted by atomic mass is 127. The Bertz CT molecular complexity index is 688. The lowest BCUT2D eigenvalue weighted by atomic mass is 10.2. The van der Waals surface area contributed by atoms with Gasteiger partial charge in [-0.3, -0.25) is 4.99 Å². The van der Waals surface area contributed by atoms with E-state index in [-0.39, 0.29) is 24.0 Å². The number of hydrogen-bond donors (Lipinski definition) is 1. The molecule has 2 rings (SSSR count). The Morgan fingerprint density at radius 3 is 2.00 bits per heavy atom. The third kappa shape index (κ3) is 8.22. The summed E-state index contributed by atoms with van der Waals surface area (Å²) in [5.74, 6) is 0.572. The van der Waals surface area contributed by atoms with E-state index in [4.69, 9.17) is 5.73 Å². The van der Waals surface area contributed by atoms with Crippen LogP contribution < -0.4 is 29.7 Å². The van der Waals surface area contributed by atoms with Crippen LogP contribution in [0.5, 0.6) is 0 Å². The Morgan fingerprint density at radius 2 is 1.44 bits per heavy atom. The van der Waals surface area contributed by atoms with Crippen molar-refractivity contribution < 1.29 is 28.5 Å². The number of hydrogen-bond acceptors (Lipinski definition) is 3. The number of aliphatic imine (C=N–C) groups is 1. The molecule has 0 unspecified atom stereocenters. The first-order valence-electron chi connectivity index (χ1n) is 8.12. The fraction of sp³-hybridized carbons (Fsp3) is 0.316.